The number of hydrogen-bond donors (Lipinski definition) is 0. The second-order valence-corrected chi connectivity index (χ2v) is 3.32. The van der Waals surface area contributed by atoms with Crippen LogP contribution in [0.3, 0.4) is 0 Å². The molecule has 0 aliphatic rings. The molecule has 1 aromatic rings. The van der Waals surface area contributed by atoms with E-state index in [2.05, 4.69) is 19.9 Å². The minimum absolute atomic E-state index is 0.460. The third-order valence-electron chi connectivity index (χ3n) is 2.10. The second kappa shape index (κ2) is 3.95. The summed E-state index contributed by atoms with van der Waals surface area (Å²) < 4.78 is 4.83. The third-order valence-corrected chi connectivity index (χ3v) is 2.10. The molecule has 0 saturated heterocycles. The predicted molar refractivity (Wildman–Crippen MR) is 51.5 cm³/mol. The summed E-state index contributed by atoms with van der Waals surface area (Å²) in [6.45, 7) is 6.22. The monoisotopic (exact) mass is 175 g/mol. The largest absolute Gasteiger partial charge is 0.388 e. The zero-order chi connectivity index (χ0) is 9.84. The first kappa shape index (κ1) is 9.60. The molecule has 0 unspecified atom stereocenters. The fourth-order valence-electron chi connectivity index (χ4n) is 1.42. The molecule has 0 radical (unpaired) electrons. The second-order valence-electron chi connectivity index (χ2n) is 3.32. The molecule has 1 aromatic carbocycles. The maximum Gasteiger partial charge on any atom is 0.292 e. The van der Waals surface area contributed by atoms with Crippen LogP contribution in [0.4, 0.5) is 0 Å². The Kier molecular flexibility index (Phi) is 2.92. The average Bonchev–Trinajstić information content (AvgIpc) is 2.08. The van der Waals surface area contributed by atoms with Gasteiger partial charge in [0.25, 0.3) is 6.26 Å². The molecule has 0 atom stereocenters. The molecule has 13 heavy (non-hydrogen) atoms. The van der Waals surface area contributed by atoms with Crippen LogP contribution >= 0.6 is 0 Å². The molecule has 0 spiro atoms. The minimum Gasteiger partial charge on any atom is -0.388 e. The number of rotatable bonds is 2. The van der Waals surface area contributed by atoms with Crippen molar-refractivity contribution in [3.8, 4) is 12.0 Å². The van der Waals surface area contributed by atoms with E-state index in [1.165, 1.54) is 5.56 Å². The summed E-state index contributed by atoms with van der Waals surface area (Å²) in [5, 5.41) is 8.40. The smallest absolute Gasteiger partial charge is 0.292 e. The van der Waals surface area contributed by atoms with Gasteiger partial charge in [0.1, 0.15) is 5.75 Å². The molecule has 68 valence electrons. The highest BCUT2D eigenvalue weighted by Crippen LogP contribution is 2.26. The number of benzene rings is 1. The van der Waals surface area contributed by atoms with E-state index in [0.29, 0.717) is 11.7 Å². The van der Waals surface area contributed by atoms with Crippen molar-refractivity contribution in [1.82, 2.24) is 0 Å². The molecule has 0 aliphatic heterocycles. The maximum absolute atomic E-state index is 8.40. The van der Waals surface area contributed by atoms with E-state index in [1.807, 2.05) is 19.1 Å². The first-order valence-corrected chi connectivity index (χ1v) is 4.32. The first-order chi connectivity index (χ1) is 6.16. The van der Waals surface area contributed by atoms with Crippen LogP contribution < -0.4 is 4.74 Å². The van der Waals surface area contributed by atoms with Gasteiger partial charge in [0.05, 0.1) is 0 Å². The van der Waals surface area contributed by atoms with Gasteiger partial charge in [0.15, 0.2) is 0 Å². The van der Waals surface area contributed by atoms with E-state index < -0.39 is 0 Å². The van der Waals surface area contributed by atoms with Gasteiger partial charge in [-0.3, -0.25) is 0 Å². The van der Waals surface area contributed by atoms with Crippen molar-refractivity contribution in [2.75, 3.05) is 0 Å². The van der Waals surface area contributed by atoms with Gasteiger partial charge in [-0.05, 0) is 30.0 Å². The normalized spacial score (nSPS) is 9.77. The van der Waals surface area contributed by atoms with E-state index in [1.54, 1.807) is 6.26 Å². The molecular formula is C11H13NO. The Morgan fingerprint density at radius 1 is 1.38 bits per heavy atom. The van der Waals surface area contributed by atoms with Crippen LogP contribution in [0.5, 0.6) is 5.75 Å². The Labute approximate surface area is 78.8 Å². The summed E-state index contributed by atoms with van der Waals surface area (Å²) in [4.78, 5) is 0. The van der Waals surface area contributed by atoms with Crippen molar-refractivity contribution < 1.29 is 4.74 Å². The molecule has 1 rings (SSSR count). The topological polar surface area (TPSA) is 33.0 Å². The summed E-state index contributed by atoms with van der Waals surface area (Å²) in [6.07, 6.45) is 1.69. The summed E-state index contributed by atoms with van der Waals surface area (Å²) in [5.41, 5.74) is 2.28. The van der Waals surface area contributed by atoms with Gasteiger partial charge in [0.2, 0.25) is 0 Å². The molecule has 0 fully saturated rings. The van der Waals surface area contributed by atoms with E-state index in [-0.39, 0.29) is 0 Å². The Hall–Kier alpha value is -1.49. The molecule has 0 N–H and O–H groups in total. The molecule has 0 amide bonds. The molecule has 0 saturated carbocycles. The molecule has 0 bridgehead atoms. The summed E-state index contributed by atoms with van der Waals surface area (Å²) in [7, 11) is 0. The van der Waals surface area contributed by atoms with E-state index in [0.717, 1.165) is 5.56 Å². The Morgan fingerprint density at radius 2 is 2.08 bits per heavy atom. The van der Waals surface area contributed by atoms with Gasteiger partial charge in [-0.2, -0.15) is 0 Å². The van der Waals surface area contributed by atoms with Crippen LogP contribution in [0.25, 0.3) is 0 Å². The molecule has 0 aliphatic carbocycles. The first-order valence-electron chi connectivity index (χ1n) is 4.32. The predicted octanol–water partition coefficient (Wildman–Crippen LogP) is 2.98. The number of nitriles is 1. The van der Waals surface area contributed by atoms with E-state index in [9.17, 15) is 0 Å². The van der Waals surface area contributed by atoms with Gasteiger partial charge in [-0.1, -0.05) is 26.0 Å². The number of ether oxygens (including phenoxy) is 1. The summed E-state index contributed by atoms with van der Waals surface area (Å²) in [6, 6.07) is 5.78. The summed E-state index contributed by atoms with van der Waals surface area (Å²) in [5.74, 6) is 1.12. The van der Waals surface area contributed by atoms with Gasteiger partial charge < -0.3 is 4.74 Å². The highest BCUT2D eigenvalue weighted by Gasteiger charge is 2.07. The lowest BCUT2D eigenvalue weighted by Gasteiger charge is -2.11. The van der Waals surface area contributed by atoms with Crippen molar-refractivity contribution in [2.45, 2.75) is 26.7 Å². The fourth-order valence-corrected chi connectivity index (χ4v) is 1.42. The fraction of sp³-hybridized carbons (Fsp3) is 0.364. The van der Waals surface area contributed by atoms with Crippen molar-refractivity contribution in [3.05, 3.63) is 29.3 Å². The maximum atomic E-state index is 8.40. The highest BCUT2D eigenvalue weighted by atomic mass is 16.5. The van der Waals surface area contributed by atoms with Crippen LogP contribution in [0.15, 0.2) is 18.2 Å². The molecule has 2 heteroatoms. The molecular weight excluding hydrogens is 162 g/mol. The SMILES string of the molecule is Cc1c(OC#N)cccc1C(C)C. The zero-order valence-corrected chi connectivity index (χ0v) is 8.16. The Bertz CT molecular complexity index is 336. The lowest BCUT2D eigenvalue weighted by Crippen LogP contribution is -1.94. The van der Waals surface area contributed by atoms with Crippen molar-refractivity contribution in [3.63, 3.8) is 0 Å². The van der Waals surface area contributed by atoms with Crippen LogP contribution in [-0.2, 0) is 0 Å². The van der Waals surface area contributed by atoms with Crippen LogP contribution in [-0.4, -0.2) is 0 Å². The third kappa shape index (κ3) is 2.00. The zero-order valence-electron chi connectivity index (χ0n) is 8.16. The standard InChI is InChI=1S/C11H13NO/c1-8(2)10-5-4-6-11(9(10)3)13-7-12/h4-6,8H,1-3H3. The van der Waals surface area contributed by atoms with Crippen LogP contribution in [0.1, 0.15) is 30.9 Å². The van der Waals surface area contributed by atoms with Gasteiger partial charge >= 0.3 is 0 Å². The number of nitrogens with zero attached hydrogens (tertiary/aromatic N) is 1. The molecule has 0 heterocycles. The lowest BCUT2D eigenvalue weighted by atomic mass is 9.98. The number of hydrogen-bond acceptors (Lipinski definition) is 2. The van der Waals surface area contributed by atoms with Crippen molar-refractivity contribution in [1.29, 1.82) is 5.26 Å². The quantitative estimate of drug-likeness (QED) is 0.647. The minimum atomic E-state index is 0.460. The lowest BCUT2D eigenvalue weighted by molar-refractivity contribution is 0.501. The van der Waals surface area contributed by atoms with Gasteiger partial charge in [0, 0.05) is 0 Å². The molecule has 2 nitrogen and oxygen atoms in total. The van der Waals surface area contributed by atoms with Gasteiger partial charge in [-0.25, -0.2) is 0 Å². The Balaban J connectivity index is 3.12. The van der Waals surface area contributed by atoms with Crippen molar-refractivity contribution in [2.24, 2.45) is 0 Å². The van der Waals surface area contributed by atoms with E-state index in [4.69, 9.17) is 10.00 Å². The average molecular weight is 175 g/mol. The van der Waals surface area contributed by atoms with Crippen LogP contribution in [0, 0.1) is 18.4 Å². The summed E-state index contributed by atoms with van der Waals surface area (Å²) >= 11 is 0. The van der Waals surface area contributed by atoms with E-state index >= 15 is 0 Å². The van der Waals surface area contributed by atoms with Gasteiger partial charge in [-0.15, -0.1) is 5.26 Å². The highest BCUT2D eigenvalue weighted by molar-refractivity contribution is 5.41. The Morgan fingerprint density at radius 3 is 2.62 bits per heavy atom. The van der Waals surface area contributed by atoms with Crippen molar-refractivity contribution >= 4 is 0 Å². The van der Waals surface area contributed by atoms with Crippen LogP contribution in [0.2, 0.25) is 0 Å². The molecule has 0 aromatic heterocycles.